The molecule has 3 N–H and O–H groups in total. The van der Waals surface area contributed by atoms with Gasteiger partial charge in [-0.2, -0.15) is 4.98 Å². The zero-order valence-electron chi connectivity index (χ0n) is 7.47. The Kier molecular flexibility index (Phi) is 3.62. The molecule has 0 aromatic carbocycles. The first-order chi connectivity index (χ1) is 6.19. The molecule has 6 heteroatoms. The Morgan fingerprint density at radius 2 is 2.23 bits per heavy atom. The minimum Gasteiger partial charge on any atom is -0.369 e. The number of thioether (sulfide) groups is 1. The summed E-state index contributed by atoms with van der Waals surface area (Å²) in [7, 11) is 0. The molecule has 1 aromatic heterocycles. The van der Waals surface area contributed by atoms with Crippen LogP contribution < -0.4 is 11.1 Å². The molecule has 0 aliphatic carbocycles. The van der Waals surface area contributed by atoms with E-state index in [1.165, 1.54) is 11.8 Å². The van der Waals surface area contributed by atoms with E-state index >= 15 is 0 Å². The van der Waals surface area contributed by atoms with Crippen LogP contribution in [0, 0.1) is 0 Å². The fourth-order valence-electron chi connectivity index (χ4n) is 0.863. The molecule has 0 spiro atoms. The monoisotopic (exact) mass is 218 g/mol. The molecule has 0 aliphatic heterocycles. The summed E-state index contributed by atoms with van der Waals surface area (Å²) in [6, 6.07) is 0. The second-order valence-corrected chi connectivity index (χ2v) is 3.46. The lowest BCUT2D eigenvalue weighted by Crippen LogP contribution is -2.05. The van der Waals surface area contributed by atoms with Crippen LogP contribution in [0.2, 0.25) is 5.02 Å². The van der Waals surface area contributed by atoms with Crippen LogP contribution in [0.25, 0.3) is 0 Å². The smallest absolute Gasteiger partial charge is 0.223 e. The molecule has 13 heavy (non-hydrogen) atoms. The Labute approximate surface area is 86.3 Å². The summed E-state index contributed by atoms with van der Waals surface area (Å²) in [5.74, 6) is 0.839. The maximum absolute atomic E-state index is 6.00. The van der Waals surface area contributed by atoms with Crippen LogP contribution in [-0.2, 0) is 0 Å². The number of nitrogens with zero attached hydrogens (tertiary/aromatic N) is 2. The number of anilines is 2. The molecule has 0 radical (unpaired) electrons. The highest BCUT2D eigenvalue weighted by molar-refractivity contribution is 7.98. The van der Waals surface area contributed by atoms with Gasteiger partial charge in [-0.25, -0.2) is 4.98 Å². The number of hydrogen-bond donors (Lipinski definition) is 2. The number of nitrogen functional groups attached to an aromatic ring is 1. The Hall–Kier alpha value is -0.680. The van der Waals surface area contributed by atoms with Crippen molar-refractivity contribution in [1.82, 2.24) is 9.97 Å². The summed E-state index contributed by atoms with van der Waals surface area (Å²) in [6.45, 7) is 2.72. The van der Waals surface area contributed by atoms with Gasteiger partial charge in [-0.05, 0) is 13.2 Å². The Morgan fingerprint density at radius 1 is 1.54 bits per heavy atom. The van der Waals surface area contributed by atoms with E-state index in [1.54, 1.807) is 0 Å². The van der Waals surface area contributed by atoms with E-state index in [9.17, 15) is 0 Å². The Balaban J connectivity index is 3.11. The zero-order valence-corrected chi connectivity index (χ0v) is 9.04. The predicted molar refractivity (Wildman–Crippen MR) is 57.4 cm³/mol. The SMILES string of the molecule is CCNc1nc(N)nc(SC)c1Cl. The van der Waals surface area contributed by atoms with E-state index in [1.807, 2.05) is 13.2 Å². The molecule has 0 amide bonds. The molecule has 1 heterocycles. The van der Waals surface area contributed by atoms with Gasteiger partial charge in [0.05, 0.1) is 0 Å². The third kappa shape index (κ3) is 2.38. The van der Waals surface area contributed by atoms with Crippen molar-refractivity contribution >= 4 is 35.1 Å². The van der Waals surface area contributed by atoms with Crippen LogP contribution in [-0.4, -0.2) is 22.8 Å². The van der Waals surface area contributed by atoms with E-state index in [0.29, 0.717) is 15.9 Å². The lowest BCUT2D eigenvalue weighted by atomic mass is 10.5. The van der Waals surface area contributed by atoms with Crippen molar-refractivity contribution in [3.8, 4) is 0 Å². The molecule has 0 unspecified atom stereocenters. The fourth-order valence-corrected chi connectivity index (χ4v) is 1.71. The fraction of sp³-hybridized carbons (Fsp3) is 0.429. The number of aromatic nitrogens is 2. The first-order valence-electron chi connectivity index (χ1n) is 3.80. The first-order valence-corrected chi connectivity index (χ1v) is 5.40. The van der Waals surface area contributed by atoms with Crippen molar-refractivity contribution in [2.24, 2.45) is 0 Å². The molecule has 0 bridgehead atoms. The van der Waals surface area contributed by atoms with Gasteiger partial charge in [0.15, 0.2) is 5.82 Å². The van der Waals surface area contributed by atoms with Crippen molar-refractivity contribution in [1.29, 1.82) is 0 Å². The number of rotatable bonds is 3. The van der Waals surface area contributed by atoms with Gasteiger partial charge >= 0.3 is 0 Å². The van der Waals surface area contributed by atoms with E-state index in [2.05, 4.69) is 15.3 Å². The van der Waals surface area contributed by atoms with Crippen LogP contribution in [0.5, 0.6) is 0 Å². The number of nitrogens with one attached hydrogen (secondary N) is 1. The van der Waals surface area contributed by atoms with Gasteiger partial charge in [0.1, 0.15) is 10.0 Å². The molecule has 0 atom stereocenters. The topological polar surface area (TPSA) is 63.8 Å². The molecule has 72 valence electrons. The van der Waals surface area contributed by atoms with Crippen LogP contribution in [0.15, 0.2) is 5.03 Å². The first kappa shape index (κ1) is 10.4. The standard InChI is InChI=1S/C7H11ClN4S/c1-3-10-5-4(8)6(13-2)12-7(9)11-5/h3H2,1-2H3,(H3,9,10,11,12). The highest BCUT2D eigenvalue weighted by atomic mass is 35.5. The Morgan fingerprint density at radius 3 is 2.77 bits per heavy atom. The summed E-state index contributed by atoms with van der Waals surface area (Å²) in [5.41, 5.74) is 5.50. The molecule has 1 rings (SSSR count). The van der Waals surface area contributed by atoms with Gasteiger partial charge in [0.2, 0.25) is 5.95 Å². The van der Waals surface area contributed by atoms with Crippen LogP contribution >= 0.6 is 23.4 Å². The molecule has 0 aliphatic rings. The Bertz CT molecular complexity index is 305. The summed E-state index contributed by atoms with van der Waals surface area (Å²) in [5, 5.41) is 4.25. The number of nitrogens with two attached hydrogens (primary N) is 1. The minimum absolute atomic E-state index is 0.240. The molecule has 0 saturated carbocycles. The summed E-state index contributed by atoms with van der Waals surface area (Å²) < 4.78 is 0. The van der Waals surface area contributed by atoms with Crippen LogP contribution in [0.3, 0.4) is 0 Å². The second-order valence-electron chi connectivity index (χ2n) is 2.28. The second kappa shape index (κ2) is 4.53. The van der Waals surface area contributed by atoms with E-state index in [-0.39, 0.29) is 5.95 Å². The number of halogens is 1. The van der Waals surface area contributed by atoms with Gasteiger partial charge in [-0.15, -0.1) is 11.8 Å². The molecular formula is C7H11ClN4S. The number of hydrogen-bond acceptors (Lipinski definition) is 5. The van der Waals surface area contributed by atoms with E-state index < -0.39 is 0 Å². The average Bonchev–Trinajstić information content (AvgIpc) is 2.11. The summed E-state index contributed by atoms with van der Waals surface area (Å²) in [4.78, 5) is 7.97. The van der Waals surface area contributed by atoms with Gasteiger partial charge < -0.3 is 11.1 Å². The molecular weight excluding hydrogens is 208 g/mol. The highest BCUT2D eigenvalue weighted by Crippen LogP contribution is 2.29. The van der Waals surface area contributed by atoms with Crippen molar-refractivity contribution in [3.63, 3.8) is 0 Å². The largest absolute Gasteiger partial charge is 0.369 e. The average molecular weight is 219 g/mol. The highest BCUT2D eigenvalue weighted by Gasteiger charge is 2.09. The van der Waals surface area contributed by atoms with Gasteiger partial charge in [-0.3, -0.25) is 0 Å². The molecule has 1 aromatic rings. The van der Waals surface area contributed by atoms with Crippen molar-refractivity contribution in [2.45, 2.75) is 11.9 Å². The third-order valence-electron chi connectivity index (χ3n) is 1.38. The van der Waals surface area contributed by atoms with Gasteiger partial charge in [0.25, 0.3) is 0 Å². The molecule has 0 saturated heterocycles. The van der Waals surface area contributed by atoms with Crippen LogP contribution in [0.4, 0.5) is 11.8 Å². The maximum atomic E-state index is 6.00. The van der Waals surface area contributed by atoms with Gasteiger partial charge in [0, 0.05) is 6.54 Å². The van der Waals surface area contributed by atoms with Crippen molar-refractivity contribution < 1.29 is 0 Å². The lowest BCUT2D eigenvalue weighted by molar-refractivity contribution is 1.05. The van der Waals surface area contributed by atoms with Gasteiger partial charge in [-0.1, -0.05) is 11.6 Å². The normalized spacial score (nSPS) is 10.1. The van der Waals surface area contributed by atoms with Crippen molar-refractivity contribution in [3.05, 3.63) is 5.02 Å². The van der Waals surface area contributed by atoms with E-state index in [0.717, 1.165) is 6.54 Å². The molecule has 4 nitrogen and oxygen atoms in total. The third-order valence-corrected chi connectivity index (χ3v) is 2.53. The van der Waals surface area contributed by atoms with Crippen molar-refractivity contribution in [2.75, 3.05) is 23.9 Å². The maximum Gasteiger partial charge on any atom is 0.223 e. The quantitative estimate of drug-likeness (QED) is 0.599. The molecule has 0 fully saturated rings. The summed E-state index contributed by atoms with van der Waals surface area (Å²) in [6.07, 6.45) is 1.89. The van der Waals surface area contributed by atoms with E-state index in [4.69, 9.17) is 17.3 Å². The lowest BCUT2D eigenvalue weighted by Gasteiger charge is -2.07. The predicted octanol–water partition coefficient (Wildman–Crippen LogP) is 1.87. The summed E-state index contributed by atoms with van der Waals surface area (Å²) >= 11 is 7.44. The minimum atomic E-state index is 0.240. The van der Waals surface area contributed by atoms with Crippen LogP contribution in [0.1, 0.15) is 6.92 Å². The zero-order chi connectivity index (χ0) is 9.84.